The molecule has 3 aliphatic rings. The van der Waals surface area contributed by atoms with Crippen molar-refractivity contribution >= 4 is 17.0 Å². The smallest absolute Gasteiger partial charge is 0.258 e. The molecule has 1 aliphatic carbocycles. The topological polar surface area (TPSA) is 65.2 Å². The minimum absolute atomic E-state index is 0.0951. The van der Waals surface area contributed by atoms with E-state index >= 15 is 0 Å². The van der Waals surface area contributed by atoms with Gasteiger partial charge in [-0.15, -0.1) is 0 Å². The summed E-state index contributed by atoms with van der Waals surface area (Å²) in [5, 5.41) is 10.3. The lowest BCUT2D eigenvalue weighted by Gasteiger charge is -2.35. The van der Waals surface area contributed by atoms with Crippen LogP contribution in [0.15, 0.2) is 63.9 Å². The largest absolute Gasteiger partial charge is 0.367 e. The van der Waals surface area contributed by atoms with Crippen molar-refractivity contribution in [3.63, 3.8) is 0 Å². The number of allylic oxidation sites excluding steroid dienone is 3. The molecule has 4 heterocycles. The molecule has 1 spiro atoms. The molecule has 1 unspecified atom stereocenters. The van der Waals surface area contributed by atoms with E-state index < -0.39 is 0 Å². The van der Waals surface area contributed by atoms with Gasteiger partial charge in [0, 0.05) is 43.6 Å². The van der Waals surface area contributed by atoms with Gasteiger partial charge in [0.25, 0.3) is 5.56 Å². The van der Waals surface area contributed by atoms with Crippen molar-refractivity contribution in [3.05, 3.63) is 75.6 Å². The lowest BCUT2D eigenvalue weighted by molar-refractivity contribution is 0.442. The Kier molecular flexibility index (Phi) is 5.91. The highest BCUT2D eigenvalue weighted by Gasteiger charge is 2.45. The van der Waals surface area contributed by atoms with Gasteiger partial charge in [-0.2, -0.15) is 5.10 Å². The van der Waals surface area contributed by atoms with Crippen LogP contribution < -0.4 is 15.8 Å². The number of anilines is 1. The summed E-state index contributed by atoms with van der Waals surface area (Å²) in [7, 11) is 0. The SMILES string of the molecule is C=C1C(C)=CC(c2cc(=O)n3cc(N4CCNC5(CC5)C4)cc(C)c3n2)=NN1/C=C(/C)C(C)CC. The van der Waals surface area contributed by atoms with Gasteiger partial charge < -0.3 is 10.2 Å². The van der Waals surface area contributed by atoms with Crippen LogP contribution in [-0.2, 0) is 0 Å². The summed E-state index contributed by atoms with van der Waals surface area (Å²) in [5.74, 6) is 0.457. The standard InChI is InChI=1S/C28H36N6O/c1-7-18(2)21(5)15-34-22(6)19(3)13-25(31-34)24-14-26(35)33-16-23(12-20(4)27(33)30-24)32-11-10-29-28(17-32)8-9-28/h12-16,18,29H,6-11,17H2,1-5H3/b21-15-. The molecule has 2 fully saturated rings. The molecule has 1 saturated carbocycles. The fourth-order valence-electron chi connectivity index (χ4n) is 4.87. The molecule has 5 rings (SSSR count). The molecule has 35 heavy (non-hydrogen) atoms. The van der Waals surface area contributed by atoms with Gasteiger partial charge in [0.2, 0.25) is 0 Å². The number of nitrogens with zero attached hydrogens (tertiary/aromatic N) is 5. The van der Waals surface area contributed by atoms with Crippen LogP contribution in [0.1, 0.15) is 58.2 Å². The molecule has 2 aliphatic heterocycles. The van der Waals surface area contributed by atoms with Gasteiger partial charge in [0.05, 0.1) is 17.1 Å². The van der Waals surface area contributed by atoms with Gasteiger partial charge in [0.15, 0.2) is 0 Å². The predicted octanol–water partition coefficient (Wildman–Crippen LogP) is 4.37. The average molecular weight is 473 g/mol. The first-order valence-electron chi connectivity index (χ1n) is 12.7. The van der Waals surface area contributed by atoms with Crippen LogP contribution in [0, 0.1) is 12.8 Å². The van der Waals surface area contributed by atoms with Crippen molar-refractivity contribution in [3.8, 4) is 0 Å². The van der Waals surface area contributed by atoms with Crippen molar-refractivity contribution in [2.75, 3.05) is 24.5 Å². The number of hydrogen-bond acceptors (Lipinski definition) is 6. The number of aryl methyl sites for hydroxylation is 1. The number of nitrogens with one attached hydrogen (secondary N) is 1. The van der Waals surface area contributed by atoms with E-state index in [-0.39, 0.29) is 11.1 Å². The lowest BCUT2D eigenvalue weighted by Crippen LogP contribution is -2.52. The molecular weight excluding hydrogens is 436 g/mol. The van der Waals surface area contributed by atoms with E-state index in [2.05, 4.69) is 43.6 Å². The van der Waals surface area contributed by atoms with Crippen molar-refractivity contribution in [1.29, 1.82) is 0 Å². The number of hydrogen-bond donors (Lipinski definition) is 1. The zero-order valence-electron chi connectivity index (χ0n) is 21.6. The van der Waals surface area contributed by atoms with E-state index in [0.29, 0.717) is 23.0 Å². The highest BCUT2D eigenvalue weighted by Crippen LogP contribution is 2.38. The quantitative estimate of drug-likeness (QED) is 0.700. The molecule has 1 N–H and O–H groups in total. The Balaban J connectivity index is 1.52. The van der Waals surface area contributed by atoms with Crippen LogP contribution in [0.5, 0.6) is 0 Å². The van der Waals surface area contributed by atoms with Crippen LogP contribution in [0.3, 0.4) is 0 Å². The maximum Gasteiger partial charge on any atom is 0.258 e. The molecule has 1 atom stereocenters. The highest BCUT2D eigenvalue weighted by atomic mass is 16.1. The van der Waals surface area contributed by atoms with Crippen molar-refractivity contribution in [2.24, 2.45) is 11.0 Å². The molecule has 2 aromatic heterocycles. The first-order valence-corrected chi connectivity index (χ1v) is 12.7. The summed E-state index contributed by atoms with van der Waals surface area (Å²) >= 11 is 0. The van der Waals surface area contributed by atoms with E-state index in [0.717, 1.165) is 48.6 Å². The third-order valence-electron chi connectivity index (χ3n) is 7.80. The fraction of sp³-hybridized carbons (Fsp3) is 0.464. The highest BCUT2D eigenvalue weighted by molar-refractivity contribution is 6.08. The van der Waals surface area contributed by atoms with Gasteiger partial charge in [-0.1, -0.05) is 26.0 Å². The van der Waals surface area contributed by atoms with Crippen LogP contribution in [0.2, 0.25) is 0 Å². The van der Waals surface area contributed by atoms with Crippen molar-refractivity contribution < 1.29 is 0 Å². The monoisotopic (exact) mass is 472 g/mol. The Labute approximate surface area is 207 Å². The van der Waals surface area contributed by atoms with E-state index in [9.17, 15) is 4.79 Å². The summed E-state index contributed by atoms with van der Waals surface area (Å²) in [6.07, 6.45) is 9.46. The molecule has 7 heteroatoms. The van der Waals surface area contributed by atoms with E-state index in [1.54, 1.807) is 10.5 Å². The van der Waals surface area contributed by atoms with E-state index in [1.807, 2.05) is 37.3 Å². The van der Waals surface area contributed by atoms with Crippen LogP contribution in [0.25, 0.3) is 5.65 Å². The zero-order chi connectivity index (χ0) is 24.9. The Morgan fingerprint density at radius 3 is 2.80 bits per heavy atom. The van der Waals surface area contributed by atoms with E-state index in [1.165, 1.54) is 18.4 Å². The lowest BCUT2D eigenvalue weighted by atomic mass is 10.0. The average Bonchev–Trinajstić information content (AvgIpc) is 3.59. The van der Waals surface area contributed by atoms with Gasteiger partial charge in [0.1, 0.15) is 11.4 Å². The second-order valence-corrected chi connectivity index (χ2v) is 10.5. The van der Waals surface area contributed by atoms with Crippen LogP contribution in [-0.4, -0.2) is 45.3 Å². The molecular formula is C28H36N6O. The maximum atomic E-state index is 13.3. The number of piperazine rings is 1. The molecule has 7 nitrogen and oxygen atoms in total. The number of fused-ring (bicyclic) bond motifs is 1. The predicted molar refractivity (Wildman–Crippen MR) is 143 cm³/mol. The first-order chi connectivity index (χ1) is 16.7. The van der Waals surface area contributed by atoms with Gasteiger partial charge >= 0.3 is 0 Å². The molecule has 2 aromatic rings. The third kappa shape index (κ3) is 4.45. The minimum atomic E-state index is -0.0951. The van der Waals surface area contributed by atoms with Crippen LogP contribution in [0.4, 0.5) is 5.69 Å². The fourth-order valence-corrected chi connectivity index (χ4v) is 4.87. The maximum absolute atomic E-state index is 13.3. The Hall–Kier alpha value is -3.19. The summed E-state index contributed by atoms with van der Waals surface area (Å²) in [4.78, 5) is 20.6. The van der Waals surface area contributed by atoms with Crippen LogP contribution >= 0.6 is 0 Å². The molecule has 184 valence electrons. The first kappa shape index (κ1) is 23.5. The summed E-state index contributed by atoms with van der Waals surface area (Å²) in [5.41, 5.74) is 7.24. The number of hydrazone groups is 1. The second-order valence-electron chi connectivity index (χ2n) is 10.5. The minimum Gasteiger partial charge on any atom is -0.367 e. The van der Waals surface area contributed by atoms with Gasteiger partial charge in [-0.3, -0.25) is 9.20 Å². The second kappa shape index (κ2) is 8.79. The summed E-state index contributed by atoms with van der Waals surface area (Å²) in [6.45, 7) is 17.7. The molecule has 0 amide bonds. The summed E-state index contributed by atoms with van der Waals surface area (Å²) in [6, 6.07) is 3.75. The third-order valence-corrected chi connectivity index (χ3v) is 7.80. The van der Waals surface area contributed by atoms with Crippen molar-refractivity contribution in [1.82, 2.24) is 19.7 Å². The van der Waals surface area contributed by atoms with Gasteiger partial charge in [-0.25, -0.2) is 9.99 Å². The molecule has 1 saturated heterocycles. The number of pyridine rings is 1. The Bertz CT molecular complexity index is 1340. The van der Waals surface area contributed by atoms with Crippen molar-refractivity contribution in [2.45, 2.75) is 59.4 Å². The summed E-state index contributed by atoms with van der Waals surface area (Å²) < 4.78 is 1.68. The normalized spacial score (nSPS) is 20.8. The molecule has 0 radical (unpaired) electrons. The van der Waals surface area contributed by atoms with Gasteiger partial charge in [-0.05, 0) is 69.2 Å². The molecule has 0 bridgehead atoms. The van der Waals surface area contributed by atoms with E-state index in [4.69, 9.17) is 10.1 Å². The Morgan fingerprint density at radius 2 is 2.09 bits per heavy atom. The number of aromatic nitrogens is 2. The molecule has 0 aromatic carbocycles. The Morgan fingerprint density at radius 1 is 1.31 bits per heavy atom. The zero-order valence-corrected chi connectivity index (χ0v) is 21.6. The number of rotatable bonds is 5.